The van der Waals surface area contributed by atoms with Crippen LogP contribution in [0.3, 0.4) is 0 Å². The van der Waals surface area contributed by atoms with Crippen LogP contribution in [-0.4, -0.2) is 43.6 Å². The number of hydrogen-bond acceptors (Lipinski definition) is 4. The van der Waals surface area contributed by atoms with Crippen molar-refractivity contribution in [1.82, 2.24) is 5.32 Å². The van der Waals surface area contributed by atoms with Crippen LogP contribution in [0, 0.1) is 6.92 Å². The molecule has 0 spiro atoms. The Labute approximate surface area is 147 Å². The molecule has 0 aliphatic carbocycles. The van der Waals surface area contributed by atoms with Crippen LogP contribution >= 0.6 is 0 Å². The van der Waals surface area contributed by atoms with Crippen LogP contribution in [-0.2, 0) is 10.2 Å². The van der Waals surface area contributed by atoms with E-state index in [2.05, 4.69) is 38.2 Å². The molecule has 0 fully saturated rings. The van der Waals surface area contributed by atoms with Crippen molar-refractivity contribution < 1.29 is 14.6 Å². The zero-order valence-corrected chi connectivity index (χ0v) is 16.2. The van der Waals surface area contributed by atoms with Gasteiger partial charge >= 0.3 is 0 Å². The van der Waals surface area contributed by atoms with Crippen LogP contribution < -0.4 is 10.1 Å². The van der Waals surface area contributed by atoms with E-state index in [-0.39, 0.29) is 11.5 Å². The minimum Gasteiger partial charge on any atom is -0.491 e. The van der Waals surface area contributed by atoms with Gasteiger partial charge < -0.3 is 19.9 Å². The zero-order chi connectivity index (χ0) is 18.2. The first-order chi connectivity index (χ1) is 11.2. The standard InChI is InChI=1S/C20H35NO3/c1-15(2)23-11-7-10-21-13-18(22)14-24-19-9-8-17(12-16(19)3)20(4,5)6/h8-9,12,15,18,21-22H,7,10-11,13-14H2,1-6H3. The molecule has 0 amide bonds. The summed E-state index contributed by atoms with van der Waals surface area (Å²) in [6, 6.07) is 6.26. The van der Waals surface area contributed by atoms with Crippen LogP contribution in [0.1, 0.15) is 52.2 Å². The Hall–Kier alpha value is -1.10. The summed E-state index contributed by atoms with van der Waals surface area (Å²) < 4.78 is 11.2. The van der Waals surface area contributed by atoms with Gasteiger partial charge in [0.25, 0.3) is 0 Å². The first kappa shape index (κ1) is 20.9. The van der Waals surface area contributed by atoms with Crippen molar-refractivity contribution in [1.29, 1.82) is 0 Å². The van der Waals surface area contributed by atoms with E-state index in [4.69, 9.17) is 9.47 Å². The van der Waals surface area contributed by atoms with Gasteiger partial charge in [-0.2, -0.15) is 0 Å². The lowest BCUT2D eigenvalue weighted by atomic mass is 9.86. The van der Waals surface area contributed by atoms with Crippen molar-refractivity contribution in [2.45, 2.75) is 65.6 Å². The lowest BCUT2D eigenvalue weighted by molar-refractivity contribution is 0.0748. The summed E-state index contributed by atoms with van der Waals surface area (Å²) in [6.07, 6.45) is 0.702. The number of aliphatic hydroxyl groups excluding tert-OH is 1. The first-order valence-electron chi connectivity index (χ1n) is 8.94. The predicted octanol–water partition coefficient (Wildman–Crippen LogP) is 3.44. The molecule has 0 aliphatic rings. The fourth-order valence-corrected chi connectivity index (χ4v) is 2.31. The van der Waals surface area contributed by atoms with E-state index in [1.54, 1.807) is 0 Å². The van der Waals surface area contributed by atoms with Crippen molar-refractivity contribution in [2.24, 2.45) is 0 Å². The van der Waals surface area contributed by atoms with Crippen LogP contribution in [0.2, 0.25) is 0 Å². The predicted molar refractivity (Wildman–Crippen MR) is 100.0 cm³/mol. The smallest absolute Gasteiger partial charge is 0.122 e. The summed E-state index contributed by atoms with van der Waals surface area (Å²) in [5.74, 6) is 0.840. The third-order valence-corrected chi connectivity index (χ3v) is 3.80. The van der Waals surface area contributed by atoms with Gasteiger partial charge in [0.15, 0.2) is 0 Å². The van der Waals surface area contributed by atoms with E-state index >= 15 is 0 Å². The number of rotatable bonds is 10. The second kappa shape index (κ2) is 10.0. The van der Waals surface area contributed by atoms with Gasteiger partial charge in [-0.3, -0.25) is 0 Å². The highest BCUT2D eigenvalue weighted by atomic mass is 16.5. The largest absolute Gasteiger partial charge is 0.491 e. The Bertz CT molecular complexity index is 480. The van der Waals surface area contributed by atoms with E-state index in [1.165, 1.54) is 5.56 Å². The monoisotopic (exact) mass is 337 g/mol. The number of ether oxygens (including phenoxy) is 2. The number of nitrogens with one attached hydrogen (secondary N) is 1. The third kappa shape index (κ3) is 8.13. The molecule has 0 saturated carbocycles. The van der Waals surface area contributed by atoms with Crippen molar-refractivity contribution in [3.8, 4) is 5.75 Å². The van der Waals surface area contributed by atoms with Crippen molar-refractivity contribution in [2.75, 3.05) is 26.3 Å². The quantitative estimate of drug-likeness (QED) is 0.642. The number of benzene rings is 1. The Morgan fingerprint density at radius 3 is 2.50 bits per heavy atom. The molecule has 0 bridgehead atoms. The maximum Gasteiger partial charge on any atom is 0.122 e. The van der Waals surface area contributed by atoms with Crippen molar-refractivity contribution in [3.63, 3.8) is 0 Å². The summed E-state index contributed by atoms with van der Waals surface area (Å²) in [5.41, 5.74) is 2.53. The van der Waals surface area contributed by atoms with Gasteiger partial charge in [0.1, 0.15) is 18.5 Å². The van der Waals surface area contributed by atoms with Gasteiger partial charge in [0.05, 0.1) is 6.10 Å². The molecule has 0 heterocycles. The summed E-state index contributed by atoms with van der Waals surface area (Å²) in [5, 5.41) is 13.2. The van der Waals surface area contributed by atoms with E-state index in [1.807, 2.05) is 26.8 Å². The molecule has 0 saturated heterocycles. The highest BCUT2D eigenvalue weighted by Crippen LogP contribution is 2.27. The molecule has 1 aromatic rings. The minimum absolute atomic E-state index is 0.131. The summed E-state index contributed by atoms with van der Waals surface area (Å²) in [6.45, 7) is 15.1. The number of hydrogen-bond donors (Lipinski definition) is 2. The van der Waals surface area contributed by atoms with Crippen molar-refractivity contribution >= 4 is 0 Å². The lowest BCUT2D eigenvalue weighted by Gasteiger charge is -2.21. The molecule has 1 unspecified atom stereocenters. The SMILES string of the molecule is Cc1cc(C(C)(C)C)ccc1OCC(O)CNCCCOC(C)C. The summed E-state index contributed by atoms with van der Waals surface area (Å²) >= 11 is 0. The Kier molecular flexibility index (Phi) is 8.74. The molecule has 0 radical (unpaired) electrons. The number of aliphatic hydroxyl groups is 1. The average Bonchev–Trinajstić information content (AvgIpc) is 2.48. The van der Waals surface area contributed by atoms with Crippen LogP contribution in [0.4, 0.5) is 0 Å². The fourth-order valence-electron chi connectivity index (χ4n) is 2.31. The van der Waals surface area contributed by atoms with Gasteiger partial charge in [-0.25, -0.2) is 0 Å². The molecule has 1 aromatic carbocycles. The highest BCUT2D eigenvalue weighted by molar-refractivity contribution is 5.38. The van der Waals surface area contributed by atoms with Gasteiger partial charge in [-0.05, 0) is 56.3 Å². The fraction of sp³-hybridized carbons (Fsp3) is 0.700. The molecule has 2 N–H and O–H groups in total. The molecular formula is C20H35NO3. The summed E-state index contributed by atoms with van der Waals surface area (Å²) in [7, 11) is 0. The first-order valence-corrected chi connectivity index (χ1v) is 8.94. The van der Waals surface area contributed by atoms with Crippen LogP contribution in [0.25, 0.3) is 0 Å². The maximum atomic E-state index is 10.0. The lowest BCUT2D eigenvalue weighted by Crippen LogP contribution is -2.32. The van der Waals surface area contributed by atoms with Gasteiger partial charge in [0, 0.05) is 13.2 Å². The van der Waals surface area contributed by atoms with E-state index in [0.29, 0.717) is 13.2 Å². The Morgan fingerprint density at radius 2 is 1.92 bits per heavy atom. The topological polar surface area (TPSA) is 50.7 Å². The highest BCUT2D eigenvalue weighted by Gasteiger charge is 2.15. The number of aryl methyl sites for hydroxylation is 1. The van der Waals surface area contributed by atoms with E-state index in [0.717, 1.165) is 30.9 Å². The normalized spacial score (nSPS) is 13.3. The molecular weight excluding hydrogens is 302 g/mol. The Morgan fingerprint density at radius 1 is 1.21 bits per heavy atom. The molecule has 24 heavy (non-hydrogen) atoms. The van der Waals surface area contributed by atoms with E-state index < -0.39 is 6.10 Å². The van der Waals surface area contributed by atoms with Gasteiger partial charge in [0.2, 0.25) is 0 Å². The molecule has 0 aliphatic heterocycles. The molecule has 0 aromatic heterocycles. The van der Waals surface area contributed by atoms with Gasteiger partial charge in [-0.1, -0.05) is 32.9 Å². The molecule has 4 nitrogen and oxygen atoms in total. The Balaban J connectivity index is 2.28. The molecule has 4 heteroatoms. The van der Waals surface area contributed by atoms with Gasteiger partial charge in [-0.15, -0.1) is 0 Å². The third-order valence-electron chi connectivity index (χ3n) is 3.80. The van der Waals surface area contributed by atoms with E-state index in [9.17, 15) is 5.11 Å². The second-order valence-electron chi connectivity index (χ2n) is 7.67. The molecule has 138 valence electrons. The van der Waals surface area contributed by atoms with Crippen molar-refractivity contribution in [3.05, 3.63) is 29.3 Å². The average molecular weight is 338 g/mol. The zero-order valence-electron chi connectivity index (χ0n) is 16.2. The van der Waals surface area contributed by atoms with Crippen LogP contribution in [0.5, 0.6) is 5.75 Å². The maximum absolute atomic E-state index is 10.0. The minimum atomic E-state index is -0.516. The van der Waals surface area contributed by atoms with Crippen LogP contribution in [0.15, 0.2) is 18.2 Å². The molecule has 1 rings (SSSR count). The molecule has 1 atom stereocenters. The second-order valence-corrected chi connectivity index (χ2v) is 7.67. The summed E-state index contributed by atoms with van der Waals surface area (Å²) in [4.78, 5) is 0.